The fraction of sp³-hybridized carbons (Fsp3) is 0.909. The van der Waals surface area contributed by atoms with Gasteiger partial charge in [-0.15, -0.1) is 0 Å². The van der Waals surface area contributed by atoms with Gasteiger partial charge < -0.3 is 9.47 Å². The van der Waals surface area contributed by atoms with Gasteiger partial charge >= 0.3 is 0 Å². The summed E-state index contributed by atoms with van der Waals surface area (Å²) < 4.78 is 10.5. The molecule has 0 aromatic heterocycles. The molecule has 0 atom stereocenters. The van der Waals surface area contributed by atoms with Crippen LogP contribution in [0.15, 0.2) is 0 Å². The Morgan fingerprint density at radius 2 is 2.00 bits per heavy atom. The lowest BCUT2D eigenvalue weighted by Crippen LogP contribution is -2.34. The molecule has 0 saturated heterocycles. The lowest BCUT2D eigenvalue weighted by atomic mass is 10.1. The van der Waals surface area contributed by atoms with Crippen LogP contribution in [0.5, 0.6) is 0 Å². The van der Waals surface area contributed by atoms with Crippen LogP contribution in [0, 0.1) is 5.92 Å². The molecule has 90 valence electrons. The molecule has 0 aromatic rings. The Labute approximate surface area is 96.9 Å². The minimum absolute atomic E-state index is 0.0696. The Morgan fingerprint density at radius 3 is 2.47 bits per heavy atom. The van der Waals surface area contributed by atoms with Crippen LogP contribution < -0.4 is 0 Å². The number of carbonyl (C=O) groups is 1. The van der Waals surface area contributed by atoms with E-state index in [-0.39, 0.29) is 5.12 Å². The predicted octanol–water partition coefficient (Wildman–Crippen LogP) is 2.34. The third kappa shape index (κ3) is 6.93. The van der Waals surface area contributed by atoms with E-state index in [9.17, 15) is 4.79 Å². The van der Waals surface area contributed by atoms with Crippen molar-refractivity contribution in [2.75, 3.05) is 26.1 Å². The fourth-order valence-corrected chi connectivity index (χ4v) is 1.67. The van der Waals surface area contributed by atoms with Gasteiger partial charge in [0.1, 0.15) is 5.60 Å². The van der Waals surface area contributed by atoms with Gasteiger partial charge in [0.15, 0.2) is 0 Å². The van der Waals surface area contributed by atoms with Gasteiger partial charge in [0.25, 0.3) is 0 Å². The Hall–Kier alpha value is -0.0600. The second-order valence-corrected chi connectivity index (χ2v) is 5.41. The summed E-state index contributed by atoms with van der Waals surface area (Å²) in [6.07, 6.45) is 0. The van der Waals surface area contributed by atoms with Crippen molar-refractivity contribution < 1.29 is 14.3 Å². The summed E-state index contributed by atoms with van der Waals surface area (Å²) >= 11 is 1.27. The molecule has 0 spiro atoms. The molecule has 0 aromatic carbocycles. The van der Waals surface area contributed by atoms with Crippen molar-refractivity contribution in [2.24, 2.45) is 5.92 Å². The van der Waals surface area contributed by atoms with E-state index in [0.29, 0.717) is 24.9 Å². The van der Waals surface area contributed by atoms with Crippen LogP contribution in [0.25, 0.3) is 0 Å². The maximum absolute atomic E-state index is 11.7. The summed E-state index contributed by atoms with van der Waals surface area (Å²) in [5.74, 6) is 1.13. The van der Waals surface area contributed by atoms with Gasteiger partial charge in [-0.2, -0.15) is 0 Å². The molecule has 15 heavy (non-hydrogen) atoms. The maximum atomic E-state index is 11.7. The lowest BCUT2D eigenvalue weighted by Gasteiger charge is -2.24. The summed E-state index contributed by atoms with van der Waals surface area (Å²) in [6.45, 7) is 8.98. The zero-order valence-electron chi connectivity index (χ0n) is 10.3. The quantitative estimate of drug-likeness (QED) is 0.633. The van der Waals surface area contributed by atoms with Crippen LogP contribution in [-0.4, -0.2) is 36.8 Å². The SMILES string of the molecule is COCCSC(=O)C(C)(C)OCC(C)C. The van der Waals surface area contributed by atoms with Crippen molar-refractivity contribution in [3.05, 3.63) is 0 Å². The van der Waals surface area contributed by atoms with Crippen LogP contribution in [0.4, 0.5) is 0 Å². The second-order valence-electron chi connectivity index (χ2n) is 4.34. The van der Waals surface area contributed by atoms with Gasteiger partial charge in [-0.25, -0.2) is 0 Å². The molecule has 0 fully saturated rings. The zero-order chi connectivity index (χ0) is 11.9. The van der Waals surface area contributed by atoms with Crippen LogP contribution in [-0.2, 0) is 14.3 Å². The second kappa shape index (κ2) is 7.25. The molecule has 0 saturated carbocycles. The van der Waals surface area contributed by atoms with Crippen LogP contribution in [0.1, 0.15) is 27.7 Å². The van der Waals surface area contributed by atoms with Crippen LogP contribution >= 0.6 is 11.8 Å². The molecule has 0 bridgehead atoms. The molecular formula is C11H22O3S. The molecule has 0 unspecified atom stereocenters. The van der Waals surface area contributed by atoms with Crippen molar-refractivity contribution in [2.45, 2.75) is 33.3 Å². The summed E-state index contributed by atoms with van der Waals surface area (Å²) in [4.78, 5) is 11.7. The third-order valence-electron chi connectivity index (χ3n) is 1.79. The zero-order valence-corrected chi connectivity index (χ0v) is 11.1. The molecule has 0 aliphatic carbocycles. The van der Waals surface area contributed by atoms with Crippen molar-refractivity contribution in [3.63, 3.8) is 0 Å². The van der Waals surface area contributed by atoms with E-state index in [2.05, 4.69) is 13.8 Å². The Bertz CT molecular complexity index is 190. The van der Waals surface area contributed by atoms with E-state index in [0.717, 1.165) is 0 Å². The fourth-order valence-electron chi connectivity index (χ4n) is 0.825. The molecule has 3 nitrogen and oxygen atoms in total. The Morgan fingerprint density at radius 1 is 1.40 bits per heavy atom. The van der Waals surface area contributed by atoms with E-state index in [1.165, 1.54) is 11.8 Å². The standard InChI is InChI=1S/C11H22O3S/c1-9(2)8-14-11(3,4)10(12)15-7-6-13-5/h9H,6-8H2,1-5H3. The highest BCUT2D eigenvalue weighted by molar-refractivity contribution is 8.13. The topological polar surface area (TPSA) is 35.5 Å². The summed E-state index contributed by atoms with van der Waals surface area (Å²) in [5.41, 5.74) is -0.692. The molecule has 0 radical (unpaired) electrons. The number of ether oxygens (including phenoxy) is 2. The van der Waals surface area contributed by atoms with Crippen LogP contribution in [0.3, 0.4) is 0 Å². The first-order valence-corrected chi connectivity index (χ1v) is 6.19. The van der Waals surface area contributed by atoms with E-state index in [1.54, 1.807) is 7.11 Å². The minimum atomic E-state index is -0.692. The predicted molar refractivity (Wildman–Crippen MR) is 64.2 cm³/mol. The largest absolute Gasteiger partial charge is 0.384 e. The Balaban J connectivity index is 3.91. The highest BCUT2D eigenvalue weighted by atomic mass is 32.2. The average molecular weight is 234 g/mol. The number of rotatable bonds is 7. The smallest absolute Gasteiger partial charge is 0.220 e. The van der Waals surface area contributed by atoms with Crippen molar-refractivity contribution >= 4 is 16.9 Å². The number of methoxy groups -OCH3 is 1. The lowest BCUT2D eigenvalue weighted by molar-refractivity contribution is -0.131. The average Bonchev–Trinajstić information content (AvgIpc) is 2.15. The number of hydrogen-bond donors (Lipinski definition) is 0. The highest BCUT2D eigenvalue weighted by Crippen LogP contribution is 2.20. The molecule has 0 rings (SSSR count). The van der Waals surface area contributed by atoms with Crippen LogP contribution in [0.2, 0.25) is 0 Å². The van der Waals surface area contributed by atoms with Gasteiger partial charge in [0, 0.05) is 12.9 Å². The van der Waals surface area contributed by atoms with Gasteiger partial charge in [0.05, 0.1) is 13.2 Å². The summed E-state index contributed by atoms with van der Waals surface area (Å²) in [7, 11) is 1.63. The monoisotopic (exact) mass is 234 g/mol. The van der Waals surface area contributed by atoms with Gasteiger partial charge in [-0.05, 0) is 19.8 Å². The van der Waals surface area contributed by atoms with Gasteiger partial charge in [-0.1, -0.05) is 25.6 Å². The first-order chi connectivity index (χ1) is 6.90. The molecular weight excluding hydrogens is 212 g/mol. The summed E-state index contributed by atoms with van der Waals surface area (Å²) in [5, 5.41) is 0.0696. The maximum Gasteiger partial charge on any atom is 0.220 e. The summed E-state index contributed by atoms with van der Waals surface area (Å²) in [6, 6.07) is 0. The molecule has 0 amide bonds. The number of thioether (sulfide) groups is 1. The van der Waals surface area contributed by atoms with Gasteiger partial charge in [0.2, 0.25) is 5.12 Å². The molecule has 4 heteroatoms. The van der Waals surface area contributed by atoms with Crippen molar-refractivity contribution in [1.82, 2.24) is 0 Å². The minimum Gasteiger partial charge on any atom is -0.384 e. The molecule has 0 aliphatic rings. The van der Waals surface area contributed by atoms with E-state index in [1.807, 2.05) is 13.8 Å². The first-order valence-electron chi connectivity index (χ1n) is 5.20. The van der Waals surface area contributed by atoms with Crippen molar-refractivity contribution in [1.29, 1.82) is 0 Å². The molecule has 0 heterocycles. The number of hydrogen-bond acceptors (Lipinski definition) is 4. The van der Waals surface area contributed by atoms with E-state index >= 15 is 0 Å². The molecule has 0 N–H and O–H groups in total. The molecule has 0 aliphatic heterocycles. The van der Waals surface area contributed by atoms with E-state index < -0.39 is 5.60 Å². The van der Waals surface area contributed by atoms with E-state index in [4.69, 9.17) is 9.47 Å². The first kappa shape index (κ1) is 14.9. The Kier molecular flexibility index (Phi) is 7.22. The third-order valence-corrected chi connectivity index (χ3v) is 2.91. The normalized spacial score (nSPS) is 12.1. The highest BCUT2D eigenvalue weighted by Gasteiger charge is 2.28. The van der Waals surface area contributed by atoms with Gasteiger partial charge in [-0.3, -0.25) is 4.79 Å². The van der Waals surface area contributed by atoms with Crippen molar-refractivity contribution in [3.8, 4) is 0 Å². The number of carbonyl (C=O) groups excluding carboxylic acids is 1.